The van der Waals surface area contributed by atoms with Gasteiger partial charge in [0.2, 0.25) is 13.0 Å². The number of esters is 1. The number of halogens is 2. The van der Waals surface area contributed by atoms with E-state index in [-0.39, 0.29) is 17.4 Å². The Morgan fingerprint density at radius 2 is 2.12 bits per heavy atom. The molecule has 16 heavy (non-hydrogen) atoms. The highest BCUT2D eigenvalue weighted by atomic mass is 35.5. The molecule has 6 heteroatoms. The predicted molar refractivity (Wildman–Crippen MR) is 53.4 cm³/mol. The van der Waals surface area contributed by atoms with Gasteiger partial charge in [0.15, 0.2) is 11.5 Å². The normalized spacial score (nSPS) is 14.7. The summed E-state index contributed by atoms with van der Waals surface area (Å²) in [4.78, 5) is 11.0. The molecule has 86 valence electrons. The van der Waals surface area contributed by atoms with Gasteiger partial charge in [0.05, 0.1) is 12.1 Å². The van der Waals surface area contributed by atoms with Crippen molar-refractivity contribution in [1.29, 1.82) is 0 Å². The van der Waals surface area contributed by atoms with E-state index >= 15 is 0 Å². The SMILES string of the molecule is COC(=O)C(F)c1cc2c(cc1Cl)OCO2. The number of fused-ring (bicyclic) bond motifs is 1. The molecule has 0 bridgehead atoms. The zero-order chi connectivity index (χ0) is 11.7. The number of carbonyl (C=O) groups excluding carboxylic acids is 1. The van der Waals surface area contributed by atoms with Crippen LogP contribution in [0.15, 0.2) is 12.1 Å². The molecule has 0 saturated carbocycles. The second-order valence-corrected chi connectivity index (χ2v) is 3.52. The lowest BCUT2D eigenvalue weighted by atomic mass is 10.1. The first-order valence-corrected chi connectivity index (χ1v) is 4.82. The van der Waals surface area contributed by atoms with Crippen LogP contribution in [0.2, 0.25) is 5.02 Å². The summed E-state index contributed by atoms with van der Waals surface area (Å²) in [7, 11) is 1.11. The summed E-state index contributed by atoms with van der Waals surface area (Å²) in [6.07, 6.45) is -1.92. The van der Waals surface area contributed by atoms with Crippen molar-refractivity contribution < 1.29 is 23.4 Å². The maximum atomic E-state index is 13.6. The van der Waals surface area contributed by atoms with Gasteiger partial charge in [0.1, 0.15) is 0 Å². The summed E-state index contributed by atoms with van der Waals surface area (Å²) in [5.41, 5.74) is 0.0118. The Bertz CT molecular complexity index is 435. The Hall–Kier alpha value is -1.49. The zero-order valence-corrected chi connectivity index (χ0v) is 9.08. The van der Waals surface area contributed by atoms with Gasteiger partial charge >= 0.3 is 5.97 Å². The highest BCUT2D eigenvalue weighted by Crippen LogP contribution is 2.39. The van der Waals surface area contributed by atoms with Crippen LogP contribution in [0.25, 0.3) is 0 Å². The van der Waals surface area contributed by atoms with Crippen LogP contribution in [0.1, 0.15) is 11.7 Å². The summed E-state index contributed by atoms with van der Waals surface area (Å²) in [6.45, 7) is 0.0598. The minimum Gasteiger partial charge on any atom is -0.467 e. The average Bonchev–Trinajstić information content (AvgIpc) is 2.72. The second-order valence-electron chi connectivity index (χ2n) is 3.11. The van der Waals surface area contributed by atoms with Crippen LogP contribution in [0.3, 0.4) is 0 Å². The van der Waals surface area contributed by atoms with Crippen molar-refractivity contribution >= 4 is 17.6 Å². The molecule has 1 atom stereocenters. The summed E-state index contributed by atoms with van der Waals surface area (Å²) in [6, 6.07) is 2.75. The van der Waals surface area contributed by atoms with Crippen molar-refractivity contribution in [2.45, 2.75) is 6.17 Å². The maximum Gasteiger partial charge on any atom is 0.345 e. The molecule has 0 spiro atoms. The van der Waals surface area contributed by atoms with E-state index in [1.807, 2.05) is 0 Å². The fourth-order valence-electron chi connectivity index (χ4n) is 1.36. The third-order valence-electron chi connectivity index (χ3n) is 2.17. The van der Waals surface area contributed by atoms with Gasteiger partial charge in [0.25, 0.3) is 0 Å². The first-order chi connectivity index (χ1) is 7.63. The van der Waals surface area contributed by atoms with E-state index in [1.54, 1.807) is 0 Å². The molecule has 1 aliphatic heterocycles. The van der Waals surface area contributed by atoms with Gasteiger partial charge in [-0.05, 0) is 6.07 Å². The van der Waals surface area contributed by atoms with Gasteiger partial charge in [-0.15, -0.1) is 0 Å². The lowest BCUT2D eigenvalue weighted by Crippen LogP contribution is -2.10. The molecule has 0 saturated heterocycles. The molecule has 1 heterocycles. The standard InChI is InChI=1S/C10H8ClFO4/c1-14-10(13)9(12)5-2-7-8(3-6(5)11)16-4-15-7/h2-3,9H,4H2,1H3. The zero-order valence-electron chi connectivity index (χ0n) is 8.33. The van der Waals surface area contributed by atoms with E-state index in [0.717, 1.165) is 7.11 Å². The van der Waals surface area contributed by atoms with Crippen molar-refractivity contribution in [1.82, 2.24) is 0 Å². The topological polar surface area (TPSA) is 44.8 Å². The number of ether oxygens (including phenoxy) is 3. The van der Waals surface area contributed by atoms with E-state index in [0.29, 0.717) is 11.5 Å². The molecular weight excluding hydrogens is 239 g/mol. The molecule has 1 aromatic rings. The monoisotopic (exact) mass is 246 g/mol. The van der Waals surface area contributed by atoms with E-state index < -0.39 is 12.1 Å². The van der Waals surface area contributed by atoms with Gasteiger partial charge in [0, 0.05) is 11.6 Å². The Balaban J connectivity index is 2.38. The largest absolute Gasteiger partial charge is 0.467 e. The average molecular weight is 247 g/mol. The molecule has 0 aromatic heterocycles. The molecule has 1 unspecified atom stereocenters. The van der Waals surface area contributed by atoms with Crippen molar-refractivity contribution in [3.63, 3.8) is 0 Å². The Kier molecular flexibility index (Phi) is 2.87. The van der Waals surface area contributed by atoms with Crippen molar-refractivity contribution in [2.75, 3.05) is 13.9 Å². The van der Waals surface area contributed by atoms with Crippen LogP contribution in [-0.4, -0.2) is 19.9 Å². The van der Waals surface area contributed by atoms with Gasteiger partial charge in [-0.25, -0.2) is 9.18 Å². The number of alkyl halides is 1. The van der Waals surface area contributed by atoms with E-state index in [4.69, 9.17) is 21.1 Å². The Morgan fingerprint density at radius 3 is 2.75 bits per heavy atom. The molecule has 1 aliphatic rings. The van der Waals surface area contributed by atoms with E-state index in [1.165, 1.54) is 12.1 Å². The molecule has 0 radical (unpaired) electrons. The van der Waals surface area contributed by atoms with E-state index in [9.17, 15) is 9.18 Å². The lowest BCUT2D eigenvalue weighted by molar-refractivity contribution is -0.146. The highest BCUT2D eigenvalue weighted by molar-refractivity contribution is 6.31. The maximum absolute atomic E-state index is 13.6. The molecular formula is C10H8ClFO4. The number of carbonyl (C=O) groups is 1. The van der Waals surface area contributed by atoms with Gasteiger partial charge in [-0.2, -0.15) is 0 Å². The minimum absolute atomic E-state index is 0.0118. The number of hydrogen-bond acceptors (Lipinski definition) is 4. The molecule has 0 N–H and O–H groups in total. The summed E-state index contributed by atoms with van der Waals surface area (Å²) < 4.78 is 28.0. The lowest BCUT2D eigenvalue weighted by Gasteiger charge is -2.09. The van der Waals surface area contributed by atoms with Crippen LogP contribution in [0, 0.1) is 0 Å². The second kappa shape index (κ2) is 4.17. The van der Waals surface area contributed by atoms with Crippen LogP contribution in [0.5, 0.6) is 11.5 Å². The van der Waals surface area contributed by atoms with Crippen LogP contribution in [-0.2, 0) is 9.53 Å². The molecule has 0 aliphatic carbocycles. The van der Waals surface area contributed by atoms with Gasteiger partial charge in [-0.1, -0.05) is 11.6 Å². The number of benzene rings is 1. The van der Waals surface area contributed by atoms with Crippen molar-refractivity contribution in [3.8, 4) is 11.5 Å². The number of rotatable bonds is 2. The van der Waals surface area contributed by atoms with E-state index in [2.05, 4.69) is 4.74 Å². The highest BCUT2D eigenvalue weighted by Gasteiger charge is 2.26. The van der Waals surface area contributed by atoms with Crippen LogP contribution >= 0.6 is 11.6 Å². The fraction of sp³-hybridized carbons (Fsp3) is 0.300. The first kappa shape index (κ1) is 11.0. The molecule has 0 amide bonds. The van der Waals surface area contributed by atoms with Crippen molar-refractivity contribution in [3.05, 3.63) is 22.7 Å². The third-order valence-corrected chi connectivity index (χ3v) is 2.50. The third kappa shape index (κ3) is 1.78. The Morgan fingerprint density at radius 1 is 1.50 bits per heavy atom. The molecule has 4 nitrogen and oxygen atoms in total. The first-order valence-electron chi connectivity index (χ1n) is 4.44. The molecule has 2 rings (SSSR count). The molecule has 1 aromatic carbocycles. The number of hydrogen-bond donors (Lipinski definition) is 0. The fourth-order valence-corrected chi connectivity index (χ4v) is 1.61. The van der Waals surface area contributed by atoms with Gasteiger partial charge < -0.3 is 14.2 Å². The predicted octanol–water partition coefficient (Wildman–Crippen LogP) is 2.25. The van der Waals surface area contributed by atoms with Crippen molar-refractivity contribution in [2.24, 2.45) is 0 Å². The minimum atomic E-state index is -1.92. The van der Waals surface area contributed by atoms with Crippen LogP contribution < -0.4 is 9.47 Å². The van der Waals surface area contributed by atoms with Gasteiger partial charge in [-0.3, -0.25) is 0 Å². The molecule has 0 fully saturated rings. The quantitative estimate of drug-likeness (QED) is 0.751. The number of methoxy groups -OCH3 is 1. The smallest absolute Gasteiger partial charge is 0.345 e. The summed E-state index contributed by atoms with van der Waals surface area (Å²) in [5.74, 6) is -0.197. The Labute approximate surface area is 95.9 Å². The summed E-state index contributed by atoms with van der Waals surface area (Å²) >= 11 is 5.82. The van der Waals surface area contributed by atoms with Crippen LogP contribution in [0.4, 0.5) is 4.39 Å². The summed E-state index contributed by atoms with van der Waals surface area (Å²) in [5, 5.41) is 0.0992.